The lowest BCUT2D eigenvalue weighted by atomic mass is 9.99. The summed E-state index contributed by atoms with van der Waals surface area (Å²) in [7, 11) is 0. The molecular weight excluding hydrogens is 302 g/mol. The van der Waals surface area contributed by atoms with Crippen LogP contribution in [0.1, 0.15) is 41.9 Å². The third kappa shape index (κ3) is 2.82. The summed E-state index contributed by atoms with van der Waals surface area (Å²) >= 11 is 0. The van der Waals surface area contributed by atoms with E-state index in [2.05, 4.69) is 20.4 Å². The number of aryl methyl sites for hydroxylation is 1. The molecule has 4 rings (SSSR count). The van der Waals surface area contributed by atoms with Gasteiger partial charge in [-0.25, -0.2) is 0 Å². The Morgan fingerprint density at radius 3 is 2.79 bits per heavy atom. The van der Waals surface area contributed by atoms with E-state index in [0.717, 1.165) is 18.7 Å². The van der Waals surface area contributed by atoms with E-state index in [1.807, 2.05) is 37.3 Å². The van der Waals surface area contributed by atoms with Crippen molar-refractivity contribution in [2.75, 3.05) is 13.1 Å². The standard InChI is InChI=1S/C18H23N5O/c1-13-17(21-23(20-13)14-7-3-2-4-8-14)18(24)19-15-10-12-22-11-6-5-9-16(15)22/h2-4,7-8,15-16H,5-6,9-12H2,1H3,(H,19,24). The highest BCUT2D eigenvalue weighted by Crippen LogP contribution is 2.27. The van der Waals surface area contributed by atoms with Crippen molar-refractivity contribution in [3.63, 3.8) is 0 Å². The first kappa shape index (κ1) is 15.3. The summed E-state index contributed by atoms with van der Waals surface area (Å²) in [5.41, 5.74) is 1.95. The van der Waals surface area contributed by atoms with Gasteiger partial charge in [0.1, 0.15) is 0 Å². The molecule has 24 heavy (non-hydrogen) atoms. The van der Waals surface area contributed by atoms with Gasteiger partial charge in [-0.2, -0.15) is 9.90 Å². The van der Waals surface area contributed by atoms with E-state index >= 15 is 0 Å². The van der Waals surface area contributed by atoms with Gasteiger partial charge in [0.2, 0.25) is 0 Å². The van der Waals surface area contributed by atoms with Gasteiger partial charge in [0.15, 0.2) is 5.69 Å². The van der Waals surface area contributed by atoms with Gasteiger partial charge in [-0.1, -0.05) is 24.6 Å². The number of rotatable bonds is 3. The minimum atomic E-state index is -0.105. The summed E-state index contributed by atoms with van der Waals surface area (Å²) in [6.45, 7) is 4.09. The molecule has 0 bridgehead atoms. The van der Waals surface area contributed by atoms with Crippen LogP contribution in [0.5, 0.6) is 0 Å². The average Bonchev–Trinajstić information content (AvgIpc) is 3.20. The Kier molecular flexibility index (Phi) is 4.06. The monoisotopic (exact) mass is 325 g/mol. The van der Waals surface area contributed by atoms with Crippen LogP contribution in [-0.2, 0) is 0 Å². The number of para-hydroxylation sites is 1. The Hall–Kier alpha value is -2.21. The molecule has 2 aliphatic heterocycles. The van der Waals surface area contributed by atoms with E-state index in [0.29, 0.717) is 17.4 Å². The lowest BCUT2D eigenvalue weighted by Gasteiger charge is -2.32. The predicted molar refractivity (Wildman–Crippen MR) is 91.2 cm³/mol. The Morgan fingerprint density at radius 1 is 1.12 bits per heavy atom. The molecule has 6 heteroatoms. The topological polar surface area (TPSA) is 63.1 Å². The number of nitrogens with one attached hydrogen (secondary N) is 1. The normalized spacial score (nSPS) is 23.9. The van der Waals surface area contributed by atoms with E-state index in [9.17, 15) is 4.79 Å². The van der Waals surface area contributed by atoms with Gasteiger partial charge in [-0.05, 0) is 44.9 Å². The summed E-state index contributed by atoms with van der Waals surface area (Å²) in [5, 5.41) is 12.0. The third-order valence-electron chi connectivity index (χ3n) is 5.16. The van der Waals surface area contributed by atoms with Crippen molar-refractivity contribution in [2.45, 2.75) is 44.7 Å². The average molecular weight is 325 g/mol. The summed E-state index contributed by atoms with van der Waals surface area (Å²) in [4.78, 5) is 16.7. The smallest absolute Gasteiger partial charge is 0.274 e. The Bertz CT molecular complexity index is 726. The number of hydrogen-bond acceptors (Lipinski definition) is 4. The largest absolute Gasteiger partial charge is 0.346 e. The second-order valence-corrected chi connectivity index (χ2v) is 6.73. The van der Waals surface area contributed by atoms with Crippen LogP contribution in [0.25, 0.3) is 5.69 Å². The van der Waals surface area contributed by atoms with Crippen molar-refractivity contribution in [1.82, 2.24) is 25.2 Å². The van der Waals surface area contributed by atoms with Crippen LogP contribution in [0, 0.1) is 6.92 Å². The molecule has 1 aromatic heterocycles. The number of aromatic nitrogens is 3. The molecule has 0 saturated carbocycles. The molecule has 3 heterocycles. The molecule has 2 atom stereocenters. The Morgan fingerprint density at radius 2 is 1.96 bits per heavy atom. The fraction of sp³-hybridized carbons (Fsp3) is 0.500. The molecule has 0 radical (unpaired) electrons. The second-order valence-electron chi connectivity index (χ2n) is 6.73. The molecule has 1 N–H and O–H groups in total. The van der Waals surface area contributed by atoms with Crippen LogP contribution in [0.3, 0.4) is 0 Å². The molecule has 2 unspecified atom stereocenters. The van der Waals surface area contributed by atoms with Crippen molar-refractivity contribution in [3.8, 4) is 5.69 Å². The summed E-state index contributed by atoms with van der Waals surface area (Å²) in [6, 6.07) is 10.4. The Balaban J connectivity index is 1.50. The predicted octanol–water partition coefficient (Wildman–Crippen LogP) is 1.93. The van der Waals surface area contributed by atoms with Crippen molar-refractivity contribution >= 4 is 5.91 Å². The number of hydrogen-bond donors (Lipinski definition) is 1. The second kappa shape index (κ2) is 6.36. The molecule has 2 fully saturated rings. The van der Waals surface area contributed by atoms with E-state index in [1.54, 1.807) is 0 Å². The van der Waals surface area contributed by atoms with Crippen LogP contribution >= 0.6 is 0 Å². The maximum Gasteiger partial charge on any atom is 0.274 e. The van der Waals surface area contributed by atoms with Gasteiger partial charge in [0.05, 0.1) is 11.4 Å². The number of nitrogens with zero attached hydrogens (tertiary/aromatic N) is 4. The number of carbonyl (C=O) groups is 1. The fourth-order valence-corrected chi connectivity index (χ4v) is 3.92. The molecule has 6 nitrogen and oxygen atoms in total. The third-order valence-corrected chi connectivity index (χ3v) is 5.16. The van der Waals surface area contributed by atoms with Gasteiger partial charge < -0.3 is 5.32 Å². The highest BCUT2D eigenvalue weighted by Gasteiger charge is 2.36. The van der Waals surface area contributed by atoms with Crippen molar-refractivity contribution < 1.29 is 4.79 Å². The summed E-state index contributed by atoms with van der Waals surface area (Å²) in [5.74, 6) is -0.105. The molecule has 126 valence electrons. The van der Waals surface area contributed by atoms with E-state index in [4.69, 9.17) is 0 Å². The first-order chi connectivity index (χ1) is 11.7. The maximum absolute atomic E-state index is 12.7. The number of benzene rings is 1. The van der Waals surface area contributed by atoms with E-state index < -0.39 is 0 Å². The quantitative estimate of drug-likeness (QED) is 0.937. The first-order valence-electron chi connectivity index (χ1n) is 8.76. The fourth-order valence-electron chi connectivity index (χ4n) is 3.92. The molecule has 1 aromatic carbocycles. The van der Waals surface area contributed by atoms with Crippen LogP contribution in [0.15, 0.2) is 30.3 Å². The lowest BCUT2D eigenvalue weighted by molar-refractivity contribution is 0.0909. The lowest BCUT2D eigenvalue weighted by Crippen LogP contribution is -2.47. The van der Waals surface area contributed by atoms with Crippen molar-refractivity contribution in [3.05, 3.63) is 41.7 Å². The Labute approximate surface area is 141 Å². The number of fused-ring (bicyclic) bond motifs is 1. The van der Waals surface area contributed by atoms with Gasteiger partial charge in [-0.3, -0.25) is 9.69 Å². The molecule has 2 aromatic rings. The minimum Gasteiger partial charge on any atom is -0.346 e. The van der Waals surface area contributed by atoms with Crippen molar-refractivity contribution in [1.29, 1.82) is 0 Å². The molecule has 0 aliphatic carbocycles. The number of carbonyl (C=O) groups excluding carboxylic acids is 1. The molecule has 2 saturated heterocycles. The van der Waals surface area contributed by atoms with E-state index in [-0.39, 0.29) is 11.9 Å². The van der Waals surface area contributed by atoms with Crippen LogP contribution in [0.4, 0.5) is 0 Å². The molecule has 2 aliphatic rings. The molecule has 0 spiro atoms. The van der Waals surface area contributed by atoms with Crippen molar-refractivity contribution in [2.24, 2.45) is 0 Å². The first-order valence-corrected chi connectivity index (χ1v) is 8.76. The highest BCUT2D eigenvalue weighted by atomic mass is 16.2. The molecular formula is C18H23N5O. The summed E-state index contributed by atoms with van der Waals surface area (Å²) < 4.78 is 0. The van der Waals surface area contributed by atoms with Crippen LogP contribution in [0.2, 0.25) is 0 Å². The number of amides is 1. The van der Waals surface area contributed by atoms with E-state index in [1.165, 1.54) is 30.6 Å². The minimum absolute atomic E-state index is 0.105. The number of piperidine rings is 1. The zero-order valence-corrected chi connectivity index (χ0v) is 14.0. The highest BCUT2D eigenvalue weighted by molar-refractivity contribution is 5.93. The van der Waals surface area contributed by atoms with Gasteiger partial charge in [0, 0.05) is 18.6 Å². The van der Waals surface area contributed by atoms with Crippen LogP contribution < -0.4 is 5.32 Å². The van der Waals surface area contributed by atoms with Gasteiger partial charge in [0.25, 0.3) is 5.91 Å². The SMILES string of the molecule is Cc1nn(-c2ccccc2)nc1C(=O)NC1CCN2CCCCC12. The zero-order chi connectivity index (χ0) is 16.5. The molecule has 1 amide bonds. The maximum atomic E-state index is 12.7. The van der Waals surface area contributed by atoms with Gasteiger partial charge >= 0.3 is 0 Å². The zero-order valence-electron chi connectivity index (χ0n) is 14.0. The summed E-state index contributed by atoms with van der Waals surface area (Å²) in [6.07, 6.45) is 4.75. The van der Waals surface area contributed by atoms with Crippen LogP contribution in [-0.4, -0.2) is 51.0 Å². The van der Waals surface area contributed by atoms with Gasteiger partial charge in [-0.15, -0.1) is 5.10 Å².